The van der Waals surface area contributed by atoms with Crippen LogP contribution < -0.4 is 0 Å². The fourth-order valence-corrected chi connectivity index (χ4v) is 5.01. The average Bonchev–Trinajstić information content (AvgIpc) is 3.20. The van der Waals surface area contributed by atoms with E-state index in [0.29, 0.717) is 13.2 Å². The smallest absolute Gasteiger partial charge is 0.443 e. The molecule has 1 unspecified atom stereocenters. The molecule has 3 aliphatic heterocycles. The quantitative estimate of drug-likeness (QED) is 0.548. The third-order valence-corrected chi connectivity index (χ3v) is 6.89. The van der Waals surface area contributed by atoms with Crippen LogP contribution in [-0.4, -0.2) is 103 Å². The highest BCUT2D eigenvalue weighted by Gasteiger charge is 2.38. The first kappa shape index (κ1) is 23.8. The normalized spacial score (nSPS) is 23.5. The van der Waals surface area contributed by atoms with Gasteiger partial charge in [0.15, 0.2) is 0 Å². The number of likely N-dealkylation sites (tertiary alicyclic amines) is 2. The monoisotopic (exact) mass is 460 g/mol. The summed E-state index contributed by atoms with van der Waals surface area (Å²) in [7, 11) is 0. The van der Waals surface area contributed by atoms with Crippen molar-refractivity contribution in [2.75, 3.05) is 52.4 Å². The summed E-state index contributed by atoms with van der Waals surface area (Å²) in [5.41, 5.74) is 1.31. The Morgan fingerprint density at radius 3 is 2.48 bits per heavy atom. The highest BCUT2D eigenvalue weighted by molar-refractivity contribution is 5.70. The van der Waals surface area contributed by atoms with Crippen LogP contribution in [0.1, 0.15) is 38.2 Å². The van der Waals surface area contributed by atoms with Crippen LogP contribution >= 0.6 is 0 Å². The maximum absolute atomic E-state index is 12.5. The third kappa shape index (κ3) is 6.80. The number of pyridine rings is 1. The minimum Gasteiger partial charge on any atom is -0.443 e. The van der Waals surface area contributed by atoms with E-state index in [9.17, 15) is 9.59 Å². The summed E-state index contributed by atoms with van der Waals surface area (Å²) in [5.74, 6) is 0. The van der Waals surface area contributed by atoms with Gasteiger partial charge in [-0.3, -0.25) is 9.88 Å². The number of carbonyl (C=O) groups is 2. The number of hydrogen-bond donors (Lipinski definition) is 0. The topological polar surface area (TPSA) is 84.4 Å². The highest BCUT2D eigenvalue weighted by atomic mass is 16.7. The van der Waals surface area contributed by atoms with E-state index < -0.39 is 6.16 Å². The van der Waals surface area contributed by atoms with Crippen LogP contribution in [0, 0.1) is 0 Å². The van der Waals surface area contributed by atoms with Gasteiger partial charge in [0, 0.05) is 57.7 Å². The van der Waals surface area contributed by atoms with Crippen molar-refractivity contribution in [2.24, 2.45) is 0 Å². The van der Waals surface area contributed by atoms with Crippen molar-refractivity contribution >= 4 is 12.2 Å². The van der Waals surface area contributed by atoms with Gasteiger partial charge < -0.3 is 24.0 Å². The first-order valence-electron chi connectivity index (χ1n) is 12.2. The number of nitrogens with zero attached hydrogens (tertiary/aromatic N) is 4. The van der Waals surface area contributed by atoms with Crippen LogP contribution in [0.3, 0.4) is 0 Å². The molecule has 33 heavy (non-hydrogen) atoms. The zero-order valence-electron chi connectivity index (χ0n) is 19.6. The largest absolute Gasteiger partial charge is 0.508 e. The fourth-order valence-electron chi connectivity index (χ4n) is 5.01. The van der Waals surface area contributed by atoms with E-state index in [4.69, 9.17) is 14.2 Å². The molecule has 1 aromatic rings. The molecule has 0 saturated carbocycles. The van der Waals surface area contributed by atoms with E-state index in [1.54, 1.807) is 6.92 Å². The molecule has 0 aromatic carbocycles. The van der Waals surface area contributed by atoms with Crippen molar-refractivity contribution in [1.82, 2.24) is 19.7 Å². The molecule has 9 nitrogen and oxygen atoms in total. The molecule has 0 radical (unpaired) electrons. The van der Waals surface area contributed by atoms with Crippen LogP contribution in [0.25, 0.3) is 0 Å². The Morgan fingerprint density at radius 2 is 1.79 bits per heavy atom. The molecule has 4 rings (SSSR count). The SMILES string of the molecule is CCOC(=O)OC1CCN(CC2CN(C3CCN(CCc4ccncc4)CC3)C(=O)O2)CC1. The number of rotatable bonds is 8. The number of carbonyl (C=O) groups excluding carboxylic acids is 2. The molecule has 3 aliphatic rings. The van der Waals surface area contributed by atoms with Gasteiger partial charge in [-0.25, -0.2) is 9.59 Å². The Balaban J connectivity index is 1.15. The number of piperidine rings is 2. The Labute approximate surface area is 196 Å². The minimum atomic E-state index is -0.584. The van der Waals surface area contributed by atoms with Gasteiger partial charge in [-0.15, -0.1) is 0 Å². The first-order valence-corrected chi connectivity index (χ1v) is 12.2. The van der Waals surface area contributed by atoms with Gasteiger partial charge >= 0.3 is 12.2 Å². The first-order chi connectivity index (χ1) is 16.1. The van der Waals surface area contributed by atoms with Gasteiger partial charge in [0.1, 0.15) is 12.2 Å². The van der Waals surface area contributed by atoms with E-state index in [1.807, 2.05) is 17.3 Å². The van der Waals surface area contributed by atoms with Crippen molar-refractivity contribution in [2.45, 2.75) is 57.3 Å². The zero-order valence-corrected chi connectivity index (χ0v) is 19.6. The Hall–Kier alpha value is -2.39. The average molecular weight is 461 g/mol. The summed E-state index contributed by atoms with van der Waals surface area (Å²) < 4.78 is 15.9. The van der Waals surface area contributed by atoms with Crippen molar-refractivity contribution in [3.05, 3.63) is 30.1 Å². The second-order valence-electron chi connectivity index (χ2n) is 9.14. The third-order valence-electron chi connectivity index (χ3n) is 6.89. The molecule has 1 aromatic heterocycles. The van der Waals surface area contributed by atoms with Gasteiger partial charge in [0.05, 0.1) is 13.2 Å². The van der Waals surface area contributed by atoms with E-state index >= 15 is 0 Å². The van der Waals surface area contributed by atoms with E-state index in [2.05, 4.69) is 26.9 Å². The molecule has 1 amide bonds. The summed E-state index contributed by atoms with van der Waals surface area (Å²) in [6.07, 6.45) is 7.33. The van der Waals surface area contributed by atoms with Crippen LogP contribution in [0.5, 0.6) is 0 Å². The molecule has 1 atom stereocenters. The molecular formula is C24H36N4O5. The molecule has 0 spiro atoms. The lowest BCUT2D eigenvalue weighted by molar-refractivity contribution is -0.00297. The Kier molecular flexibility index (Phi) is 8.39. The lowest BCUT2D eigenvalue weighted by Gasteiger charge is -2.35. The maximum atomic E-state index is 12.5. The zero-order chi connectivity index (χ0) is 23.0. The van der Waals surface area contributed by atoms with Crippen molar-refractivity contribution < 1.29 is 23.8 Å². The molecule has 0 aliphatic carbocycles. The number of cyclic esters (lactones) is 1. The maximum Gasteiger partial charge on any atom is 0.508 e. The van der Waals surface area contributed by atoms with Gasteiger partial charge in [-0.2, -0.15) is 0 Å². The van der Waals surface area contributed by atoms with Crippen molar-refractivity contribution in [3.63, 3.8) is 0 Å². The van der Waals surface area contributed by atoms with Crippen LogP contribution in [0.2, 0.25) is 0 Å². The van der Waals surface area contributed by atoms with Gasteiger partial charge in [-0.1, -0.05) is 0 Å². The summed E-state index contributed by atoms with van der Waals surface area (Å²) >= 11 is 0. The van der Waals surface area contributed by atoms with Gasteiger partial charge in [-0.05, 0) is 56.7 Å². The summed E-state index contributed by atoms with van der Waals surface area (Å²) in [6, 6.07) is 4.41. The number of ether oxygens (including phenoxy) is 3. The molecular weight excluding hydrogens is 424 g/mol. The van der Waals surface area contributed by atoms with E-state index in [-0.39, 0.29) is 24.3 Å². The molecule has 182 valence electrons. The highest BCUT2D eigenvalue weighted by Crippen LogP contribution is 2.24. The van der Waals surface area contributed by atoms with E-state index in [0.717, 1.165) is 71.4 Å². The second-order valence-corrected chi connectivity index (χ2v) is 9.14. The minimum absolute atomic E-state index is 0.0910. The lowest BCUT2D eigenvalue weighted by atomic mass is 10.0. The Morgan fingerprint density at radius 1 is 1.09 bits per heavy atom. The number of hydrogen-bond acceptors (Lipinski definition) is 8. The summed E-state index contributed by atoms with van der Waals surface area (Å²) in [6.45, 7) is 8.21. The molecule has 0 N–H and O–H groups in total. The molecule has 3 fully saturated rings. The van der Waals surface area contributed by atoms with Crippen LogP contribution in [-0.2, 0) is 20.6 Å². The van der Waals surface area contributed by atoms with Crippen molar-refractivity contribution in [3.8, 4) is 0 Å². The van der Waals surface area contributed by atoms with Gasteiger partial charge in [0.25, 0.3) is 0 Å². The fraction of sp³-hybridized carbons (Fsp3) is 0.708. The van der Waals surface area contributed by atoms with Crippen LogP contribution in [0.15, 0.2) is 24.5 Å². The molecule has 9 heteroatoms. The summed E-state index contributed by atoms with van der Waals surface area (Å²) in [4.78, 5) is 34.8. The predicted octanol–water partition coefficient (Wildman–Crippen LogP) is 2.55. The molecule has 3 saturated heterocycles. The standard InChI is InChI=1S/C24H36N4O5/c1-2-31-24(30)33-21-8-15-27(16-9-21)17-22-18-28(23(29)32-22)20-6-13-26(14-7-20)12-5-19-3-10-25-11-4-19/h3-4,10-11,20-22H,2,5-9,12-18H2,1H3. The molecule has 4 heterocycles. The van der Waals surface area contributed by atoms with Crippen LogP contribution in [0.4, 0.5) is 9.59 Å². The van der Waals surface area contributed by atoms with E-state index in [1.165, 1.54) is 5.56 Å². The van der Waals surface area contributed by atoms with Crippen molar-refractivity contribution in [1.29, 1.82) is 0 Å². The number of aromatic nitrogens is 1. The lowest BCUT2D eigenvalue weighted by Crippen LogP contribution is -2.46. The number of amides is 1. The Bertz CT molecular complexity index is 763. The molecule has 0 bridgehead atoms. The summed E-state index contributed by atoms with van der Waals surface area (Å²) in [5, 5.41) is 0. The predicted molar refractivity (Wildman–Crippen MR) is 122 cm³/mol. The second kappa shape index (κ2) is 11.7. The van der Waals surface area contributed by atoms with Gasteiger partial charge in [0.2, 0.25) is 0 Å².